The van der Waals surface area contributed by atoms with Crippen molar-refractivity contribution in [2.75, 3.05) is 0 Å². The van der Waals surface area contributed by atoms with E-state index in [1.165, 1.54) is 18.2 Å². The van der Waals surface area contributed by atoms with Crippen molar-refractivity contribution in [3.63, 3.8) is 0 Å². The van der Waals surface area contributed by atoms with Crippen LogP contribution < -0.4 is 5.32 Å². The van der Waals surface area contributed by atoms with Crippen LogP contribution in [-0.4, -0.2) is 11.7 Å². The summed E-state index contributed by atoms with van der Waals surface area (Å²) in [5, 5.41) is 2.76. The molecule has 2 unspecified atom stereocenters. The predicted octanol–water partition coefficient (Wildman–Crippen LogP) is 5.02. The van der Waals surface area contributed by atoms with Gasteiger partial charge in [-0.3, -0.25) is 9.59 Å². The number of carbonyl (C=O) groups excluding carboxylic acids is 2. The lowest BCUT2D eigenvalue weighted by Gasteiger charge is -2.35. The second-order valence-electron chi connectivity index (χ2n) is 7.72. The van der Waals surface area contributed by atoms with Gasteiger partial charge in [0.25, 0.3) is 0 Å². The molecule has 0 aromatic heterocycles. The third-order valence-corrected chi connectivity index (χ3v) is 5.73. The predicted molar refractivity (Wildman–Crippen MR) is 102 cm³/mol. The summed E-state index contributed by atoms with van der Waals surface area (Å²) in [6, 6.07) is 13.1. The average Bonchev–Trinajstić information content (AvgIpc) is 2.67. The van der Waals surface area contributed by atoms with Crippen molar-refractivity contribution >= 4 is 11.7 Å². The molecule has 2 aliphatic rings. The highest BCUT2D eigenvalue weighted by molar-refractivity contribution is 6.02. The molecule has 1 N–H and O–H groups in total. The van der Waals surface area contributed by atoms with E-state index >= 15 is 0 Å². The molecular formula is C23H20F3NO2. The van der Waals surface area contributed by atoms with Crippen LogP contribution in [-0.2, 0) is 15.8 Å². The summed E-state index contributed by atoms with van der Waals surface area (Å²) < 4.78 is 40.6. The number of ketones is 1. The lowest BCUT2D eigenvalue weighted by molar-refractivity contribution is -0.138. The maximum Gasteiger partial charge on any atom is 0.416 e. The number of aryl methyl sites for hydroxylation is 1. The fourth-order valence-electron chi connectivity index (χ4n) is 4.36. The first-order chi connectivity index (χ1) is 13.7. The summed E-state index contributed by atoms with van der Waals surface area (Å²) in [5.74, 6) is -1.52. The number of allylic oxidation sites excluding steroid dienone is 2. The van der Waals surface area contributed by atoms with Gasteiger partial charge in [-0.25, -0.2) is 0 Å². The van der Waals surface area contributed by atoms with Crippen LogP contribution in [0.2, 0.25) is 0 Å². The number of halogens is 3. The van der Waals surface area contributed by atoms with Crippen molar-refractivity contribution in [3.8, 4) is 0 Å². The molecule has 2 atom stereocenters. The summed E-state index contributed by atoms with van der Waals surface area (Å²) in [6.07, 6.45) is -4.05. The highest BCUT2D eigenvalue weighted by Gasteiger charge is 2.42. The fourth-order valence-corrected chi connectivity index (χ4v) is 4.36. The van der Waals surface area contributed by atoms with Gasteiger partial charge in [-0.2, -0.15) is 13.2 Å². The van der Waals surface area contributed by atoms with Crippen LogP contribution in [0.15, 0.2) is 59.8 Å². The average molecular weight is 399 g/mol. The Morgan fingerprint density at radius 3 is 2.31 bits per heavy atom. The minimum atomic E-state index is -4.55. The Morgan fingerprint density at radius 2 is 1.62 bits per heavy atom. The van der Waals surface area contributed by atoms with Crippen LogP contribution >= 0.6 is 0 Å². The molecule has 1 aliphatic heterocycles. The number of benzene rings is 2. The van der Waals surface area contributed by atoms with E-state index in [0.29, 0.717) is 17.7 Å². The molecule has 4 rings (SSSR count). The second kappa shape index (κ2) is 7.17. The van der Waals surface area contributed by atoms with Gasteiger partial charge in [0.1, 0.15) is 0 Å². The molecule has 29 heavy (non-hydrogen) atoms. The molecule has 150 valence electrons. The highest BCUT2D eigenvalue weighted by Crippen LogP contribution is 2.45. The van der Waals surface area contributed by atoms with Gasteiger partial charge < -0.3 is 5.32 Å². The molecular weight excluding hydrogens is 379 g/mol. The van der Waals surface area contributed by atoms with Crippen LogP contribution in [0.5, 0.6) is 0 Å². The Balaban J connectivity index is 1.76. The van der Waals surface area contributed by atoms with Gasteiger partial charge in [0, 0.05) is 30.0 Å². The normalized spacial score (nSPS) is 22.3. The van der Waals surface area contributed by atoms with Gasteiger partial charge in [-0.05, 0) is 36.5 Å². The number of hydrogen-bond donors (Lipinski definition) is 1. The maximum absolute atomic E-state index is 13.5. The van der Waals surface area contributed by atoms with Crippen molar-refractivity contribution in [3.05, 3.63) is 82.1 Å². The van der Waals surface area contributed by atoms with Gasteiger partial charge in [0.2, 0.25) is 5.91 Å². The van der Waals surface area contributed by atoms with Gasteiger partial charge in [-0.1, -0.05) is 48.0 Å². The Bertz CT molecular complexity index is 1010. The maximum atomic E-state index is 13.5. The van der Waals surface area contributed by atoms with Crippen LogP contribution in [0.4, 0.5) is 13.2 Å². The topological polar surface area (TPSA) is 46.2 Å². The zero-order valence-electron chi connectivity index (χ0n) is 15.8. The third-order valence-electron chi connectivity index (χ3n) is 5.73. The van der Waals surface area contributed by atoms with Crippen molar-refractivity contribution in [1.82, 2.24) is 5.32 Å². The van der Waals surface area contributed by atoms with E-state index in [0.717, 1.165) is 17.2 Å². The van der Waals surface area contributed by atoms with E-state index in [4.69, 9.17) is 0 Å². The minimum Gasteiger partial charge on any atom is -0.329 e. The Morgan fingerprint density at radius 1 is 0.931 bits per heavy atom. The summed E-state index contributed by atoms with van der Waals surface area (Å²) in [5.41, 5.74) is 2.08. The number of carbonyl (C=O) groups is 2. The standard InChI is InChI=1S/C23H20F3NO2/c1-13-6-8-14(9-7-13)15-10-19-22(20(28)11-15)17(12-21(29)27-19)16-4-2-3-5-18(16)23(24,25)26/h2-9,15,17H,10-12H2,1H3,(H,27,29). The molecule has 1 aliphatic carbocycles. The molecule has 0 saturated carbocycles. The summed E-state index contributed by atoms with van der Waals surface area (Å²) in [6.45, 7) is 1.97. The highest BCUT2D eigenvalue weighted by atomic mass is 19.4. The Labute approximate surface area is 166 Å². The van der Waals surface area contributed by atoms with Crippen molar-refractivity contribution in [1.29, 1.82) is 0 Å². The molecule has 0 fully saturated rings. The Kier molecular flexibility index (Phi) is 4.81. The molecule has 6 heteroatoms. The molecule has 1 heterocycles. The second-order valence-corrected chi connectivity index (χ2v) is 7.72. The smallest absolute Gasteiger partial charge is 0.329 e. The molecule has 3 nitrogen and oxygen atoms in total. The van der Waals surface area contributed by atoms with E-state index in [1.54, 1.807) is 0 Å². The van der Waals surface area contributed by atoms with Gasteiger partial charge >= 0.3 is 6.18 Å². The number of rotatable bonds is 2. The number of hydrogen-bond acceptors (Lipinski definition) is 2. The molecule has 0 bridgehead atoms. The van der Waals surface area contributed by atoms with Crippen molar-refractivity contribution < 1.29 is 22.8 Å². The van der Waals surface area contributed by atoms with Gasteiger partial charge in [0.05, 0.1) is 5.56 Å². The van der Waals surface area contributed by atoms with Gasteiger partial charge in [-0.15, -0.1) is 0 Å². The van der Waals surface area contributed by atoms with Crippen molar-refractivity contribution in [2.45, 2.75) is 44.2 Å². The zero-order valence-corrected chi connectivity index (χ0v) is 15.8. The molecule has 0 spiro atoms. The largest absolute Gasteiger partial charge is 0.416 e. The number of amides is 1. The first-order valence-electron chi connectivity index (χ1n) is 9.53. The van der Waals surface area contributed by atoms with Gasteiger partial charge in [0.15, 0.2) is 5.78 Å². The quantitative estimate of drug-likeness (QED) is 0.771. The lowest BCUT2D eigenvalue weighted by Crippen LogP contribution is -2.38. The first kappa shape index (κ1) is 19.4. The molecule has 2 aromatic carbocycles. The molecule has 0 saturated heterocycles. The Hall–Kier alpha value is -2.89. The monoisotopic (exact) mass is 399 g/mol. The molecule has 0 radical (unpaired) electrons. The van der Waals surface area contributed by atoms with E-state index < -0.39 is 17.7 Å². The first-order valence-corrected chi connectivity index (χ1v) is 9.53. The lowest BCUT2D eigenvalue weighted by atomic mass is 9.72. The zero-order chi connectivity index (χ0) is 20.8. The molecule has 2 aromatic rings. The number of Topliss-reactive ketones (excluding diaryl/α,β-unsaturated/α-hetero) is 1. The van der Waals surface area contributed by atoms with Crippen LogP contribution in [0.1, 0.15) is 53.4 Å². The van der Waals surface area contributed by atoms with E-state index in [-0.39, 0.29) is 36.0 Å². The summed E-state index contributed by atoms with van der Waals surface area (Å²) in [4.78, 5) is 25.4. The number of nitrogens with one attached hydrogen (secondary N) is 1. The summed E-state index contributed by atoms with van der Waals surface area (Å²) in [7, 11) is 0. The van der Waals surface area contributed by atoms with E-state index in [2.05, 4.69) is 5.32 Å². The van der Waals surface area contributed by atoms with Crippen LogP contribution in [0.25, 0.3) is 0 Å². The minimum absolute atomic E-state index is 0.00974. The van der Waals surface area contributed by atoms with E-state index in [1.807, 2.05) is 31.2 Å². The van der Waals surface area contributed by atoms with Crippen LogP contribution in [0.3, 0.4) is 0 Å². The van der Waals surface area contributed by atoms with E-state index in [9.17, 15) is 22.8 Å². The fraction of sp³-hybridized carbons (Fsp3) is 0.304. The molecule has 1 amide bonds. The summed E-state index contributed by atoms with van der Waals surface area (Å²) >= 11 is 0. The van der Waals surface area contributed by atoms with Crippen molar-refractivity contribution in [2.24, 2.45) is 0 Å². The number of alkyl halides is 3. The third kappa shape index (κ3) is 3.71. The van der Waals surface area contributed by atoms with Crippen LogP contribution in [0, 0.1) is 6.92 Å². The SMILES string of the molecule is Cc1ccc(C2CC(=O)C3=C(C2)NC(=O)CC3c2ccccc2C(F)(F)F)cc1.